The van der Waals surface area contributed by atoms with E-state index in [4.69, 9.17) is 0 Å². The second-order valence-electron chi connectivity index (χ2n) is 4.90. The Morgan fingerprint density at radius 2 is 2.40 bits per heavy atom. The van der Waals surface area contributed by atoms with Crippen LogP contribution >= 0.6 is 15.9 Å². The van der Waals surface area contributed by atoms with Crippen molar-refractivity contribution >= 4 is 15.9 Å². The predicted molar refractivity (Wildman–Crippen MR) is 63.6 cm³/mol. The molecule has 0 saturated heterocycles. The smallest absolute Gasteiger partial charge is 0.0545 e. The zero-order valence-corrected chi connectivity index (χ0v) is 10.5. The van der Waals surface area contributed by atoms with Crippen LogP contribution in [-0.2, 0) is 6.42 Å². The molecule has 0 aliphatic heterocycles. The lowest BCUT2D eigenvalue weighted by Gasteiger charge is -2.23. The summed E-state index contributed by atoms with van der Waals surface area (Å²) in [4.78, 5) is 4.17. The van der Waals surface area contributed by atoms with Crippen molar-refractivity contribution in [2.75, 3.05) is 0 Å². The third-order valence-electron chi connectivity index (χ3n) is 3.20. The van der Waals surface area contributed by atoms with Gasteiger partial charge in [0.25, 0.3) is 0 Å². The fraction of sp³-hybridized carbons (Fsp3) is 0.583. The molecule has 2 atom stereocenters. The number of pyridine rings is 1. The van der Waals surface area contributed by atoms with Gasteiger partial charge >= 0.3 is 0 Å². The summed E-state index contributed by atoms with van der Waals surface area (Å²) >= 11 is 3.43. The summed E-state index contributed by atoms with van der Waals surface area (Å²) in [5.74, 6) is 0. The number of nitrogens with zero attached hydrogens (tertiary/aromatic N) is 1. The Hall–Kier alpha value is -0.410. The van der Waals surface area contributed by atoms with Crippen molar-refractivity contribution < 1.29 is 5.11 Å². The number of aliphatic hydroxyl groups excluding tert-OH is 1. The summed E-state index contributed by atoms with van der Waals surface area (Å²) in [6.45, 7) is 2.25. The molecule has 15 heavy (non-hydrogen) atoms. The quantitative estimate of drug-likeness (QED) is 0.896. The van der Waals surface area contributed by atoms with Gasteiger partial charge in [-0.05, 0) is 58.7 Å². The van der Waals surface area contributed by atoms with Gasteiger partial charge in [0.2, 0.25) is 0 Å². The van der Waals surface area contributed by atoms with E-state index in [1.807, 2.05) is 6.20 Å². The Kier molecular flexibility index (Phi) is 3.12. The molecule has 1 N–H and O–H groups in total. The lowest BCUT2D eigenvalue weighted by atomic mass is 9.82. The number of hydrogen-bond acceptors (Lipinski definition) is 2. The fourth-order valence-electron chi connectivity index (χ4n) is 2.49. The van der Waals surface area contributed by atoms with E-state index >= 15 is 0 Å². The molecule has 2 nitrogen and oxygen atoms in total. The Bertz CT molecular complexity index is 355. The van der Waals surface area contributed by atoms with Crippen LogP contribution < -0.4 is 0 Å². The summed E-state index contributed by atoms with van der Waals surface area (Å²) in [5, 5.41) is 9.57. The second-order valence-corrected chi connectivity index (χ2v) is 5.81. The number of aliphatic hydroxyl groups is 1. The van der Waals surface area contributed by atoms with E-state index in [0.29, 0.717) is 0 Å². The normalized spacial score (nSPS) is 30.7. The Balaban J connectivity index is 2.08. The molecule has 0 amide bonds. The standard InChI is InChI=1S/C12H16BrNO/c1-12(3-2-11(15)6-12)5-9-4-10(13)8-14-7-9/h4,7-8,11,15H,2-3,5-6H2,1H3. The van der Waals surface area contributed by atoms with Crippen LogP contribution in [0, 0.1) is 5.41 Å². The van der Waals surface area contributed by atoms with Crippen molar-refractivity contribution in [3.63, 3.8) is 0 Å². The molecule has 0 radical (unpaired) electrons. The topological polar surface area (TPSA) is 33.1 Å². The SMILES string of the molecule is CC1(Cc2cncc(Br)c2)CCC(O)C1. The summed E-state index contributed by atoms with van der Waals surface area (Å²) in [6, 6.07) is 2.11. The molecular formula is C12H16BrNO. The van der Waals surface area contributed by atoms with E-state index in [-0.39, 0.29) is 11.5 Å². The van der Waals surface area contributed by atoms with Crippen molar-refractivity contribution in [2.45, 2.75) is 38.7 Å². The molecule has 2 rings (SSSR count). The lowest BCUT2D eigenvalue weighted by molar-refractivity contribution is 0.163. The maximum Gasteiger partial charge on any atom is 0.0545 e. The molecule has 0 spiro atoms. The molecule has 2 unspecified atom stereocenters. The average Bonchev–Trinajstić information content (AvgIpc) is 2.45. The maximum atomic E-state index is 9.57. The van der Waals surface area contributed by atoms with Crippen LogP contribution in [0.4, 0.5) is 0 Å². The minimum atomic E-state index is -0.102. The van der Waals surface area contributed by atoms with Crippen LogP contribution in [-0.4, -0.2) is 16.2 Å². The van der Waals surface area contributed by atoms with Crippen molar-refractivity contribution in [3.8, 4) is 0 Å². The number of aromatic nitrogens is 1. The highest BCUT2D eigenvalue weighted by atomic mass is 79.9. The number of rotatable bonds is 2. The van der Waals surface area contributed by atoms with Gasteiger partial charge in [-0.25, -0.2) is 0 Å². The van der Waals surface area contributed by atoms with Crippen LogP contribution in [0.1, 0.15) is 31.7 Å². The Morgan fingerprint density at radius 3 is 3.00 bits per heavy atom. The second kappa shape index (κ2) is 4.22. The van der Waals surface area contributed by atoms with Gasteiger partial charge in [-0.3, -0.25) is 4.98 Å². The van der Waals surface area contributed by atoms with Crippen LogP contribution in [0.2, 0.25) is 0 Å². The Labute approximate surface area is 98.9 Å². The van der Waals surface area contributed by atoms with E-state index < -0.39 is 0 Å². The molecule has 0 aromatic carbocycles. The van der Waals surface area contributed by atoms with Crippen molar-refractivity contribution in [1.29, 1.82) is 0 Å². The van der Waals surface area contributed by atoms with Gasteiger partial charge < -0.3 is 5.11 Å². The number of halogens is 1. The minimum absolute atomic E-state index is 0.102. The van der Waals surface area contributed by atoms with Crippen molar-refractivity contribution in [3.05, 3.63) is 28.5 Å². The molecule has 1 aromatic rings. The Morgan fingerprint density at radius 1 is 1.60 bits per heavy atom. The fourth-order valence-corrected chi connectivity index (χ4v) is 2.91. The number of hydrogen-bond donors (Lipinski definition) is 1. The third kappa shape index (κ3) is 2.79. The zero-order valence-electron chi connectivity index (χ0n) is 8.91. The van der Waals surface area contributed by atoms with Gasteiger partial charge in [-0.2, -0.15) is 0 Å². The highest BCUT2D eigenvalue weighted by Crippen LogP contribution is 2.40. The van der Waals surface area contributed by atoms with Gasteiger partial charge in [0.05, 0.1) is 6.10 Å². The van der Waals surface area contributed by atoms with Crippen molar-refractivity contribution in [2.24, 2.45) is 5.41 Å². The van der Waals surface area contributed by atoms with E-state index in [0.717, 1.165) is 30.2 Å². The molecule has 1 aliphatic rings. The molecule has 0 bridgehead atoms. The first kappa shape index (κ1) is 11.1. The van der Waals surface area contributed by atoms with Gasteiger partial charge in [0.15, 0.2) is 0 Å². The first-order chi connectivity index (χ1) is 7.07. The maximum absolute atomic E-state index is 9.57. The molecule has 82 valence electrons. The highest BCUT2D eigenvalue weighted by Gasteiger charge is 2.34. The van der Waals surface area contributed by atoms with Crippen LogP contribution in [0.15, 0.2) is 22.9 Å². The third-order valence-corrected chi connectivity index (χ3v) is 3.64. The van der Waals surface area contributed by atoms with Gasteiger partial charge in [-0.15, -0.1) is 0 Å². The van der Waals surface area contributed by atoms with Crippen LogP contribution in [0.3, 0.4) is 0 Å². The minimum Gasteiger partial charge on any atom is -0.393 e. The van der Waals surface area contributed by atoms with Gasteiger partial charge in [0, 0.05) is 16.9 Å². The highest BCUT2D eigenvalue weighted by molar-refractivity contribution is 9.10. The first-order valence-electron chi connectivity index (χ1n) is 5.35. The monoisotopic (exact) mass is 269 g/mol. The van der Waals surface area contributed by atoms with Gasteiger partial charge in [0.1, 0.15) is 0 Å². The molecule has 1 saturated carbocycles. The largest absolute Gasteiger partial charge is 0.393 e. The van der Waals surface area contributed by atoms with Crippen LogP contribution in [0.25, 0.3) is 0 Å². The van der Waals surface area contributed by atoms with E-state index in [2.05, 4.69) is 33.9 Å². The molecule has 1 heterocycles. The summed E-state index contributed by atoms with van der Waals surface area (Å²) in [7, 11) is 0. The van der Waals surface area contributed by atoms with Gasteiger partial charge in [-0.1, -0.05) is 6.92 Å². The first-order valence-corrected chi connectivity index (χ1v) is 6.14. The summed E-state index contributed by atoms with van der Waals surface area (Å²) in [6.07, 6.45) is 7.60. The lowest BCUT2D eigenvalue weighted by Crippen LogP contribution is -2.16. The van der Waals surface area contributed by atoms with E-state index in [1.54, 1.807) is 6.20 Å². The van der Waals surface area contributed by atoms with Crippen LogP contribution in [0.5, 0.6) is 0 Å². The molecule has 1 aromatic heterocycles. The zero-order chi connectivity index (χ0) is 10.9. The predicted octanol–water partition coefficient (Wildman–Crippen LogP) is 2.94. The molecule has 1 aliphatic carbocycles. The molecule has 3 heteroatoms. The molecule has 1 fully saturated rings. The molecular weight excluding hydrogens is 254 g/mol. The summed E-state index contributed by atoms with van der Waals surface area (Å²) in [5.41, 5.74) is 1.50. The summed E-state index contributed by atoms with van der Waals surface area (Å²) < 4.78 is 1.03. The van der Waals surface area contributed by atoms with E-state index in [9.17, 15) is 5.11 Å². The average molecular weight is 270 g/mol. The van der Waals surface area contributed by atoms with Crippen molar-refractivity contribution in [1.82, 2.24) is 4.98 Å². The van der Waals surface area contributed by atoms with E-state index in [1.165, 1.54) is 5.56 Å².